The van der Waals surface area contributed by atoms with Crippen molar-refractivity contribution in [2.75, 3.05) is 0 Å². The van der Waals surface area contributed by atoms with Gasteiger partial charge in [-0.3, -0.25) is 4.79 Å². The van der Waals surface area contributed by atoms with Gasteiger partial charge >= 0.3 is 0 Å². The third-order valence-corrected chi connectivity index (χ3v) is 5.97. The number of rotatable bonds is 6. The highest BCUT2D eigenvalue weighted by molar-refractivity contribution is 7.91. The molecule has 2 N–H and O–H groups in total. The van der Waals surface area contributed by atoms with Crippen molar-refractivity contribution in [2.24, 2.45) is 0 Å². The summed E-state index contributed by atoms with van der Waals surface area (Å²) in [5.41, 5.74) is 1.69. The van der Waals surface area contributed by atoms with Gasteiger partial charge in [0.15, 0.2) is 0 Å². The summed E-state index contributed by atoms with van der Waals surface area (Å²) in [6.45, 7) is 3.83. The van der Waals surface area contributed by atoms with Crippen molar-refractivity contribution in [2.45, 2.75) is 37.4 Å². The maximum atomic E-state index is 12.1. The molecule has 0 fully saturated rings. The van der Waals surface area contributed by atoms with Gasteiger partial charge in [0, 0.05) is 12.1 Å². The minimum atomic E-state index is -3.58. The second kappa shape index (κ2) is 6.50. The molecule has 0 spiro atoms. The second-order valence-electron chi connectivity index (χ2n) is 4.42. The molecule has 0 saturated carbocycles. The summed E-state index contributed by atoms with van der Waals surface area (Å²) in [5.74, 6) is 0. The molecule has 0 bridgehead atoms. The second-order valence-corrected chi connectivity index (χ2v) is 7.36. The summed E-state index contributed by atoms with van der Waals surface area (Å²) in [6, 6.07) is 3.20. The van der Waals surface area contributed by atoms with E-state index in [1.807, 2.05) is 13.8 Å². The molecule has 0 atom stereocenters. The molecule has 0 amide bonds. The van der Waals surface area contributed by atoms with Gasteiger partial charge in [-0.1, -0.05) is 19.9 Å². The average molecular weight is 327 g/mol. The lowest BCUT2D eigenvalue weighted by Gasteiger charge is -2.11. The molecule has 0 aromatic carbocycles. The van der Waals surface area contributed by atoms with Gasteiger partial charge in [0.1, 0.15) is 4.21 Å². The van der Waals surface area contributed by atoms with Crippen LogP contribution in [0.2, 0.25) is 0 Å². The summed E-state index contributed by atoms with van der Waals surface area (Å²) in [4.78, 5) is 11.9. The lowest BCUT2D eigenvalue weighted by molar-refractivity contribution is 0.582. The normalized spacial score (nSPS) is 11.7. The van der Waals surface area contributed by atoms with Crippen LogP contribution >= 0.6 is 11.3 Å². The maximum absolute atomic E-state index is 12.1. The monoisotopic (exact) mass is 327 g/mol. The van der Waals surface area contributed by atoms with E-state index >= 15 is 0 Å². The number of aromatic amines is 1. The molecular formula is C13H17N3O3S2. The van der Waals surface area contributed by atoms with Crippen LogP contribution in [0.1, 0.15) is 30.7 Å². The first-order chi connectivity index (χ1) is 9.99. The number of aromatic nitrogens is 2. The van der Waals surface area contributed by atoms with E-state index in [-0.39, 0.29) is 16.3 Å². The van der Waals surface area contributed by atoms with Crippen LogP contribution in [0.5, 0.6) is 0 Å². The van der Waals surface area contributed by atoms with Gasteiger partial charge in [-0.15, -0.1) is 11.3 Å². The lowest BCUT2D eigenvalue weighted by Crippen LogP contribution is -2.29. The van der Waals surface area contributed by atoms with Crippen molar-refractivity contribution in [1.82, 2.24) is 14.9 Å². The zero-order chi connectivity index (χ0) is 15.5. The molecule has 114 valence electrons. The molecule has 0 aliphatic carbocycles. The van der Waals surface area contributed by atoms with Gasteiger partial charge < -0.3 is 0 Å². The quantitative estimate of drug-likeness (QED) is 0.839. The molecule has 0 aliphatic rings. The molecule has 0 aliphatic heterocycles. The number of nitrogens with one attached hydrogen (secondary N) is 2. The smallest absolute Gasteiger partial charge is 0.268 e. The lowest BCUT2D eigenvalue weighted by atomic mass is 10.0. The van der Waals surface area contributed by atoms with E-state index in [9.17, 15) is 13.2 Å². The molecule has 2 heterocycles. The van der Waals surface area contributed by atoms with E-state index in [1.165, 1.54) is 6.07 Å². The predicted molar refractivity (Wildman–Crippen MR) is 82.0 cm³/mol. The van der Waals surface area contributed by atoms with Gasteiger partial charge in [-0.25, -0.2) is 18.2 Å². The Hall–Kier alpha value is -1.51. The summed E-state index contributed by atoms with van der Waals surface area (Å²) in [6.07, 6.45) is 1.32. The first kappa shape index (κ1) is 15.9. The summed E-state index contributed by atoms with van der Waals surface area (Å²) in [7, 11) is -3.58. The van der Waals surface area contributed by atoms with E-state index in [2.05, 4.69) is 14.9 Å². The first-order valence-corrected chi connectivity index (χ1v) is 8.98. The Bertz CT molecular complexity index is 764. The third-order valence-electron chi connectivity index (χ3n) is 3.17. The van der Waals surface area contributed by atoms with E-state index in [1.54, 1.807) is 11.4 Å². The predicted octanol–water partition coefficient (Wildman–Crippen LogP) is 1.43. The fourth-order valence-corrected chi connectivity index (χ4v) is 4.15. The number of H-pyrrole nitrogens is 1. The van der Waals surface area contributed by atoms with Gasteiger partial charge in [0.2, 0.25) is 10.0 Å². The maximum Gasteiger partial charge on any atom is 0.268 e. The fourth-order valence-electron chi connectivity index (χ4n) is 2.12. The van der Waals surface area contributed by atoms with Crippen LogP contribution in [0.4, 0.5) is 0 Å². The summed E-state index contributed by atoms with van der Waals surface area (Å²) in [5, 5.41) is 8.13. The topological polar surface area (TPSA) is 91.9 Å². The number of hydrogen-bond donors (Lipinski definition) is 2. The molecule has 21 heavy (non-hydrogen) atoms. The standard InChI is InChI=1S/C13H17N3O3S2/c1-3-9-10(13(17)16-15-11(9)4-2)8-14-21(18,19)12-6-5-7-20-12/h5-7,14H,3-4,8H2,1-2H3,(H,16,17). The van der Waals surface area contributed by atoms with Gasteiger partial charge in [-0.05, 0) is 29.9 Å². The van der Waals surface area contributed by atoms with Crippen LogP contribution in [0, 0.1) is 0 Å². The molecule has 6 nitrogen and oxygen atoms in total. The highest BCUT2D eigenvalue weighted by Crippen LogP contribution is 2.16. The van der Waals surface area contributed by atoms with Crippen LogP contribution in [-0.2, 0) is 29.4 Å². The third kappa shape index (κ3) is 3.39. The van der Waals surface area contributed by atoms with Crippen molar-refractivity contribution >= 4 is 21.4 Å². The van der Waals surface area contributed by atoms with Gasteiger partial charge in [0.05, 0.1) is 5.69 Å². The van der Waals surface area contributed by atoms with E-state index < -0.39 is 10.0 Å². The number of aryl methyl sites for hydroxylation is 1. The van der Waals surface area contributed by atoms with Crippen LogP contribution in [0.3, 0.4) is 0 Å². The van der Waals surface area contributed by atoms with Crippen LogP contribution in [0.15, 0.2) is 26.5 Å². The fraction of sp³-hybridized carbons (Fsp3) is 0.385. The zero-order valence-corrected chi connectivity index (χ0v) is 13.5. The number of hydrogen-bond acceptors (Lipinski definition) is 5. The molecule has 0 saturated heterocycles. The SMILES string of the molecule is CCc1n[nH]c(=O)c(CNS(=O)(=O)c2cccs2)c1CC. The van der Waals surface area contributed by atoms with E-state index in [0.29, 0.717) is 18.4 Å². The number of nitrogens with zero attached hydrogens (tertiary/aromatic N) is 1. The number of sulfonamides is 1. The molecule has 2 aromatic rings. The zero-order valence-electron chi connectivity index (χ0n) is 11.8. The Morgan fingerprint density at radius 2 is 2.05 bits per heavy atom. The summed E-state index contributed by atoms with van der Waals surface area (Å²) < 4.78 is 26.9. The highest BCUT2D eigenvalue weighted by Gasteiger charge is 2.18. The van der Waals surface area contributed by atoms with Gasteiger partial charge in [-0.2, -0.15) is 5.10 Å². The molecule has 0 radical (unpaired) electrons. The van der Waals surface area contributed by atoms with Crippen molar-refractivity contribution in [3.63, 3.8) is 0 Å². The van der Waals surface area contributed by atoms with Crippen LogP contribution in [-0.4, -0.2) is 18.6 Å². The van der Waals surface area contributed by atoms with Crippen molar-refractivity contribution in [1.29, 1.82) is 0 Å². The average Bonchev–Trinajstić information content (AvgIpc) is 3.00. The van der Waals surface area contributed by atoms with Crippen molar-refractivity contribution in [3.05, 3.63) is 44.7 Å². The molecule has 8 heteroatoms. The first-order valence-electron chi connectivity index (χ1n) is 6.62. The molecule has 2 aromatic heterocycles. The molecule has 2 rings (SSSR count). The van der Waals surface area contributed by atoms with Crippen LogP contribution < -0.4 is 10.3 Å². The Morgan fingerprint density at radius 3 is 2.62 bits per heavy atom. The van der Waals surface area contributed by atoms with Crippen molar-refractivity contribution < 1.29 is 8.42 Å². The Kier molecular flexibility index (Phi) is 4.92. The van der Waals surface area contributed by atoms with Gasteiger partial charge in [0.25, 0.3) is 5.56 Å². The Morgan fingerprint density at radius 1 is 1.29 bits per heavy atom. The summed E-state index contributed by atoms with van der Waals surface area (Å²) >= 11 is 1.14. The van der Waals surface area contributed by atoms with Crippen molar-refractivity contribution in [3.8, 4) is 0 Å². The largest absolute Gasteiger partial charge is 0.268 e. The molecule has 0 unspecified atom stereocenters. The van der Waals surface area contributed by atoms with E-state index in [0.717, 1.165) is 22.6 Å². The molecular weight excluding hydrogens is 310 g/mol. The minimum absolute atomic E-state index is 0.0335. The Balaban J connectivity index is 2.31. The highest BCUT2D eigenvalue weighted by atomic mass is 32.2. The van der Waals surface area contributed by atoms with Crippen LogP contribution in [0.25, 0.3) is 0 Å². The minimum Gasteiger partial charge on any atom is -0.268 e. The Labute approximate surface area is 127 Å². The van der Waals surface area contributed by atoms with E-state index in [4.69, 9.17) is 0 Å². The number of thiophene rings is 1.